The Kier molecular flexibility index (Phi) is 4.29. The third-order valence-corrected chi connectivity index (χ3v) is 3.09. The molecule has 0 fully saturated rings. The number of nitrogens with zero attached hydrogens (tertiary/aromatic N) is 3. The molecule has 1 aromatic heterocycles. The zero-order valence-corrected chi connectivity index (χ0v) is 11.3. The molecule has 0 atom stereocenters. The Morgan fingerprint density at radius 1 is 1.43 bits per heavy atom. The molecule has 0 aliphatic carbocycles. The second-order valence-electron chi connectivity index (χ2n) is 4.42. The summed E-state index contributed by atoms with van der Waals surface area (Å²) in [5.41, 5.74) is 1.21. The van der Waals surface area contributed by atoms with Crippen LogP contribution in [0.5, 0.6) is 0 Å². The quantitative estimate of drug-likeness (QED) is 0.613. The Hall–Kier alpha value is -2.74. The van der Waals surface area contributed by atoms with Crippen LogP contribution in [0, 0.1) is 10.1 Å². The van der Waals surface area contributed by atoms with Gasteiger partial charge in [0.1, 0.15) is 5.56 Å². The Morgan fingerprint density at radius 3 is 2.81 bits per heavy atom. The molecule has 8 heteroatoms. The summed E-state index contributed by atoms with van der Waals surface area (Å²) < 4.78 is 1.47. The van der Waals surface area contributed by atoms with E-state index in [1.165, 1.54) is 16.9 Å². The van der Waals surface area contributed by atoms with Gasteiger partial charge in [0.05, 0.1) is 16.8 Å². The largest absolute Gasteiger partial charge is 0.478 e. The van der Waals surface area contributed by atoms with E-state index in [2.05, 4.69) is 10.4 Å². The molecule has 2 rings (SSSR count). The van der Waals surface area contributed by atoms with Crippen LogP contribution in [0.25, 0.3) is 0 Å². The fourth-order valence-corrected chi connectivity index (χ4v) is 2.01. The summed E-state index contributed by atoms with van der Waals surface area (Å²) in [5.74, 6) is -1.05. The number of carbonyl (C=O) groups is 1. The van der Waals surface area contributed by atoms with Gasteiger partial charge >= 0.3 is 5.97 Å². The minimum atomic E-state index is -1.05. The van der Waals surface area contributed by atoms with Crippen LogP contribution >= 0.6 is 0 Å². The van der Waals surface area contributed by atoms with Crippen molar-refractivity contribution in [3.8, 4) is 0 Å². The van der Waals surface area contributed by atoms with Crippen molar-refractivity contribution in [1.29, 1.82) is 0 Å². The minimum Gasteiger partial charge on any atom is -0.478 e. The van der Waals surface area contributed by atoms with Crippen molar-refractivity contribution in [1.82, 2.24) is 15.1 Å². The number of hydrogen-bond acceptors (Lipinski definition) is 5. The zero-order chi connectivity index (χ0) is 15.4. The Bertz CT molecular complexity index is 681. The van der Waals surface area contributed by atoms with Gasteiger partial charge in [0.15, 0.2) is 0 Å². The number of aryl methyl sites for hydroxylation is 1. The van der Waals surface area contributed by atoms with Crippen molar-refractivity contribution in [2.24, 2.45) is 7.05 Å². The standard InChI is InChI=1S/C13H14N4O4/c1-16-12(10(7-15-16)13(18)19)8-14-6-9-4-2-3-5-11(9)17(20)21/h2-5,7,14H,6,8H2,1H3,(H,18,19). The Morgan fingerprint density at radius 2 is 2.14 bits per heavy atom. The van der Waals surface area contributed by atoms with Crippen molar-refractivity contribution in [2.45, 2.75) is 13.1 Å². The molecule has 1 heterocycles. The third-order valence-electron chi connectivity index (χ3n) is 3.09. The van der Waals surface area contributed by atoms with E-state index < -0.39 is 10.9 Å². The Labute approximate surface area is 120 Å². The average molecular weight is 290 g/mol. The van der Waals surface area contributed by atoms with E-state index in [0.29, 0.717) is 11.3 Å². The van der Waals surface area contributed by atoms with Crippen LogP contribution < -0.4 is 5.32 Å². The highest BCUT2D eigenvalue weighted by molar-refractivity contribution is 5.88. The monoisotopic (exact) mass is 290 g/mol. The van der Waals surface area contributed by atoms with E-state index in [9.17, 15) is 14.9 Å². The summed E-state index contributed by atoms with van der Waals surface area (Å²) in [6.45, 7) is 0.519. The maximum absolute atomic E-state index is 11.0. The fourth-order valence-electron chi connectivity index (χ4n) is 2.01. The number of nitro groups is 1. The van der Waals surface area contributed by atoms with Gasteiger partial charge in [0.25, 0.3) is 5.69 Å². The van der Waals surface area contributed by atoms with E-state index in [-0.39, 0.29) is 24.3 Å². The molecule has 0 saturated carbocycles. The maximum Gasteiger partial charge on any atom is 0.339 e. The molecular formula is C13H14N4O4. The van der Waals surface area contributed by atoms with Gasteiger partial charge in [-0.05, 0) is 0 Å². The number of nitrogens with one attached hydrogen (secondary N) is 1. The predicted molar refractivity (Wildman–Crippen MR) is 73.8 cm³/mol. The number of rotatable bonds is 6. The molecule has 1 aromatic carbocycles. The zero-order valence-electron chi connectivity index (χ0n) is 11.3. The van der Waals surface area contributed by atoms with Gasteiger partial charge in [-0.15, -0.1) is 0 Å². The normalized spacial score (nSPS) is 10.5. The highest BCUT2D eigenvalue weighted by Gasteiger charge is 2.16. The van der Waals surface area contributed by atoms with Crippen molar-refractivity contribution in [2.75, 3.05) is 0 Å². The van der Waals surface area contributed by atoms with Crippen LogP contribution in [0.4, 0.5) is 5.69 Å². The number of nitro benzene ring substituents is 1. The summed E-state index contributed by atoms with van der Waals surface area (Å²) in [6, 6.07) is 6.41. The van der Waals surface area contributed by atoms with Crippen molar-refractivity contribution in [3.63, 3.8) is 0 Å². The molecule has 0 spiro atoms. The van der Waals surface area contributed by atoms with Gasteiger partial charge in [-0.3, -0.25) is 14.8 Å². The number of para-hydroxylation sites is 1. The van der Waals surface area contributed by atoms with Crippen LogP contribution in [-0.4, -0.2) is 25.8 Å². The van der Waals surface area contributed by atoms with Crippen LogP contribution in [0.1, 0.15) is 21.6 Å². The van der Waals surface area contributed by atoms with Gasteiger partial charge < -0.3 is 10.4 Å². The van der Waals surface area contributed by atoms with Crippen molar-refractivity contribution < 1.29 is 14.8 Å². The second-order valence-corrected chi connectivity index (χ2v) is 4.42. The van der Waals surface area contributed by atoms with Gasteiger partial charge in [-0.2, -0.15) is 5.10 Å². The van der Waals surface area contributed by atoms with Crippen LogP contribution in [-0.2, 0) is 20.1 Å². The number of carboxylic acids is 1. The summed E-state index contributed by atoms with van der Waals surface area (Å²) in [7, 11) is 1.65. The van der Waals surface area contributed by atoms with Crippen LogP contribution in [0.2, 0.25) is 0 Å². The molecule has 21 heavy (non-hydrogen) atoms. The van der Waals surface area contributed by atoms with E-state index in [1.807, 2.05) is 0 Å². The predicted octanol–water partition coefficient (Wildman–Crippen LogP) is 1.32. The summed E-state index contributed by atoms with van der Waals surface area (Å²) >= 11 is 0. The molecule has 0 radical (unpaired) electrons. The summed E-state index contributed by atoms with van der Waals surface area (Å²) in [6.07, 6.45) is 1.28. The van der Waals surface area contributed by atoms with Crippen molar-refractivity contribution in [3.05, 3.63) is 57.4 Å². The second kappa shape index (κ2) is 6.14. The number of aromatic nitrogens is 2. The average Bonchev–Trinajstić information content (AvgIpc) is 2.81. The van der Waals surface area contributed by atoms with E-state index in [4.69, 9.17) is 5.11 Å². The first-order valence-electron chi connectivity index (χ1n) is 6.18. The topological polar surface area (TPSA) is 110 Å². The SMILES string of the molecule is Cn1ncc(C(=O)O)c1CNCc1ccccc1[N+](=O)[O-]. The Balaban J connectivity index is 2.07. The number of carboxylic acid groups (broad SMARTS) is 1. The molecule has 2 N–H and O–H groups in total. The molecule has 0 saturated heterocycles. The number of hydrogen-bond donors (Lipinski definition) is 2. The summed E-state index contributed by atoms with van der Waals surface area (Å²) in [4.78, 5) is 21.5. The van der Waals surface area contributed by atoms with E-state index >= 15 is 0 Å². The fraction of sp³-hybridized carbons (Fsp3) is 0.231. The van der Waals surface area contributed by atoms with Gasteiger partial charge in [0, 0.05) is 31.8 Å². The third kappa shape index (κ3) is 3.23. The number of benzene rings is 1. The lowest BCUT2D eigenvalue weighted by Gasteiger charge is -2.07. The van der Waals surface area contributed by atoms with Crippen molar-refractivity contribution >= 4 is 11.7 Å². The highest BCUT2D eigenvalue weighted by Crippen LogP contribution is 2.17. The van der Waals surface area contributed by atoms with Gasteiger partial charge in [0.2, 0.25) is 0 Å². The minimum absolute atomic E-state index is 0.0356. The lowest BCUT2D eigenvalue weighted by molar-refractivity contribution is -0.385. The molecular weight excluding hydrogens is 276 g/mol. The van der Waals surface area contributed by atoms with Crippen LogP contribution in [0.15, 0.2) is 30.5 Å². The molecule has 0 aliphatic heterocycles. The van der Waals surface area contributed by atoms with E-state index in [1.54, 1.807) is 25.2 Å². The lowest BCUT2D eigenvalue weighted by atomic mass is 10.1. The van der Waals surface area contributed by atoms with Gasteiger partial charge in [-0.25, -0.2) is 4.79 Å². The van der Waals surface area contributed by atoms with Crippen LogP contribution in [0.3, 0.4) is 0 Å². The first-order chi connectivity index (χ1) is 10.0. The number of aromatic carboxylic acids is 1. The molecule has 0 unspecified atom stereocenters. The first kappa shape index (κ1) is 14.7. The molecule has 0 aliphatic rings. The highest BCUT2D eigenvalue weighted by atomic mass is 16.6. The first-order valence-corrected chi connectivity index (χ1v) is 6.18. The summed E-state index contributed by atoms with van der Waals surface area (Å²) in [5, 5.41) is 26.8. The molecule has 2 aromatic rings. The lowest BCUT2D eigenvalue weighted by Crippen LogP contribution is -2.18. The maximum atomic E-state index is 11.0. The molecule has 8 nitrogen and oxygen atoms in total. The molecule has 0 amide bonds. The smallest absolute Gasteiger partial charge is 0.339 e. The van der Waals surface area contributed by atoms with Gasteiger partial charge in [-0.1, -0.05) is 18.2 Å². The van der Waals surface area contributed by atoms with E-state index in [0.717, 1.165) is 0 Å². The molecule has 0 bridgehead atoms. The molecule has 110 valence electrons.